The third kappa shape index (κ3) is 8.96. The van der Waals surface area contributed by atoms with Gasteiger partial charge < -0.3 is 20.5 Å². The maximum absolute atomic E-state index is 12.6. The number of terminal acetylenes is 1. The second kappa shape index (κ2) is 18.1. The minimum Gasteiger partial charge on any atom is -0.466 e. The van der Waals surface area contributed by atoms with E-state index in [1.807, 2.05) is 99.6 Å². The number of carbonyl (C=O) groups excluding carboxylic acids is 3. The lowest BCUT2D eigenvalue weighted by molar-refractivity contribution is -0.121. The number of fused-ring (bicyclic) bond motifs is 2. The number of nitrogens with zero attached hydrogens (tertiary/aromatic N) is 3. The van der Waals surface area contributed by atoms with Gasteiger partial charge in [-0.3, -0.25) is 19.5 Å². The van der Waals surface area contributed by atoms with E-state index < -0.39 is 17.2 Å². The van der Waals surface area contributed by atoms with Crippen LogP contribution in [0.4, 0.5) is 10.5 Å². The lowest BCUT2D eigenvalue weighted by Gasteiger charge is -2.43. The number of nitrogens with two attached hydrogens (primary N) is 1. The molecule has 2 fully saturated rings. The van der Waals surface area contributed by atoms with Crippen LogP contribution in [0.25, 0.3) is 44.8 Å². The summed E-state index contributed by atoms with van der Waals surface area (Å²) < 4.78 is 11.2. The molecule has 3 aliphatic carbocycles. The standard InChI is InChI=1S/C31H31N3O4.C25H24N2O/c1-5-18-34-25-19-24(21-10-7-6-8-11-21)27(32-28(25)37-20-26(34)35)22-12-14-23(15-13-22)31(16-9-17-31)33-29(36)38-30(2,3)4;26-25(14-5-15-25)19-12-10-18(11-13-19)24-20(17-6-2-1-3-7-17)16-21-22(27-24)8-4-9-23(21)28/h1,6-8,10-15,19H,9,16-18,20H2,2-4H3,(H,33,36);1-3,6-7,10-13,16H,4-5,8-9,14-15,26H2. The van der Waals surface area contributed by atoms with Crippen LogP contribution in [0.5, 0.6) is 5.88 Å². The topological polar surface area (TPSA) is 137 Å². The Morgan fingerprint density at radius 1 is 0.742 bits per heavy atom. The summed E-state index contributed by atoms with van der Waals surface area (Å²) in [6.07, 6.45) is 13.6. The van der Waals surface area contributed by atoms with Crippen molar-refractivity contribution >= 4 is 23.5 Å². The highest BCUT2D eigenvalue weighted by molar-refractivity contribution is 6.01. The van der Waals surface area contributed by atoms with Gasteiger partial charge in [0.25, 0.3) is 5.91 Å². The fourth-order valence-corrected chi connectivity index (χ4v) is 9.31. The quantitative estimate of drug-likeness (QED) is 0.144. The number of hydrogen-bond donors (Lipinski definition) is 2. The predicted molar refractivity (Wildman–Crippen MR) is 259 cm³/mol. The number of amides is 2. The first-order chi connectivity index (χ1) is 31.8. The first-order valence-corrected chi connectivity index (χ1v) is 22.9. The SMILES string of the molecule is C#CCN1C(=O)COc2nc(-c3ccc(C4(NC(=O)OC(C)(C)C)CCC4)cc3)c(-c3ccccc3)cc21.NC1(c2ccc(-c3nc4c(cc3-c3ccccc3)C(=O)CCC4)cc2)CCC1. The molecule has 66 heavy (non-hydrogen) atoms. The molecule has 10 nitrogen and oxygen atoms in total. The molecular weight excluding hydrogens is 823 g/mol. The summed E-state index contributed by atoms with van der Waals surface area (Å²) in [4.78, 5) is 48.9. The molecule has 1 aliphatic heterocycles. The molecular formula is C56H55N5O5. The van der Waals surface area contributed by atoms with Gasteiger partial charge in [-0.2, -0.15) is 0 Å². The summed E-state index contributed by atoms with van der Waals surface area (Å²) in [6.45, 7) is 5.61. The highest BCUT2D eigenvalue weighted by Crippen LogP contribution is 2.45. The number of hydrogen-bond acceptors (Lipinski definition) is 8. The van der Waals surface area contributed by atoms with Gasteiger partial charge in [0.15, 0.2) is 12.4 Å². The van der Waals surface area contributed by atoms with Gasteiger partial charge in [-0.1, -0.05) is 115 Å². The second-order valence-corrected chi connectivity index (χ2v) is 18.8. The van der Waals surface area contributed by atoms with Gasteiger partial charge in [-0.15, -0.1) is 6.42 Å². The summed E-state index contributed by atoms with van der Waals surface area (Å²) in [5.74, 6) is 2.94. The van der Waals surface area contributed by atoms with E-state index in [1.54, 1.807) is 0 Å². The van der Waals surface area contributed by atoms with E-state index in [4.69, 9.17) is 31.6 Å². The van der Waals surface area contributed by atoms with Crippen molar-refractivity contribution in [3.63, 3.8) is 0 Å². The Morgan fingerprint density at radius 3 is 1.86 bits per heavy atom. The van der Waals surface area contributed by atoms with Crippen molar-refractivity contribution in [1.82, 2.24) is 15.3 Å². The van der Waals surface area contributed by atoms with Gasteiger partial charge in [0.2, 0.25) is 5.88 Å². The Bertz CT molecular complexity index is 2820. The van der Waals surface area contributed by atoms with Crippen LogP contribution in [-0.2, 0) is 27.0 Å². The molecule has 10 heteroatoms. The lowest BCUT2D eigenvalue weighted by Crippen LogP contribution is -2.52. The van der Waals surface area contributed by atoms with Crippen molar-refractivity contribution in [3.05, 3.63) is 144 Å². The Kier molecular flexibility index (Phi) is 12.1. The molecule has 2 amide bonds. The maximum atomic E-state index is 12.6. The summed E-state index contributed by atoms with van der Waals surface area (Å²) in [5, 5.41) is 3.11. The zero-order valence-electron chi connectivity index (χ0n) is 37.9. The summed E-state index contributed by atoms with van der Waals surface area (Å²) in [7, 11) is 0. The van der Waals surface area contributed by atoms with Crippen LogP contribution in [0.2, 0.25) is 0 Å². The van der Waals surface area contributed by atoms with Crippen LogP contribution >= 0.6 is 0 Å². The van der Waals surface area contributed by atoms with E-state index >= 15 is 0 Å². The van der Waals surface area contributed by atoms with E-state index in [2.05, 4.69) is 53.7 Å². The molecule has 2 aromatic heterocycles. The molecule has 4 aliphatic rings. The zero-order chi connectivity index (χ0) is 46.1. The minimum absolute atomic E-state index is 0.108. The number of ketones is 1. The van der Waals surface area contributed by atoms with Crippen molar-refractivity contribution in [2.75, 3.05) is 18.1 Å². The van der Waals surface area contributed by atoms with Crippen molar-refractivity contribution in [2.24, 2.45) is 5.73 Å². The molecule has 0 saturated heterocycles. The second-order valence-electron chi connectivity index (χ2n) is 18.8. The molecule has 3 N–H and O–H groups in total. The van der Waals surface area contributed by atoms with Crippen LogP contribution in [-0.4, -0.2) is 46.5 Å². The van der Waals surface area contributed by atoms with E-state index in [-0.39, 0.29) is 30.4 Å². The molecule has 6 aromatic rings. The Hall–Kier alpha value is -7.09. The van der Waals surface area contributed by atoms with E-state index in [9.17, 15) is 14.4 Å². The number of pyridine rings is 2. The number of nitrogens with one attached hydrogen (secondary N) is 1. The maximum Gasteiger partial charge on any atom is 0.408 e. The number of Topliss-reactive ketones (excluding diaryl/α,β-unsaturated/α-hetero) is 1. The molecule has 3 heterocycles. The smallest absolute Gasteiger partial charge is 0.408 e. The highest BCUT2D eigenvalue weighted by Gasteiger charge is 2.41. The van der Waals surface area contributed by atoms with E-state index in [0.29, 0.717) is 18.0 Å². The average molecular weight is 878 g/mol. The largest absolute Gasteiger partial charge is 0.466 e. The third-order valence-electron chi connectivity index (χ3n) is 13.2. The Balaban J connectivity index is 0.000000173. The number of alkyl carbamates (subject to hydrolysis) is 1. The van der Waals surface area contributed by atoms with Crippen molar-refractivity contribution in [1.29, 1.82) is 0 Å². The number of carbonyl (C=O) groups is 3. The van der Waals surface area contributed by atoms with Crippen LogP contribution in [0, 0.1) is 12.3 Å². The van der Waals surface area contributed by atoms with Crippen LogP contribution in [0.1, 0.15) is 99.3 Å². The van der Waals surface area contributed by atoms with Crippen molar-refractivity contribution < 1.29 is 23.9 Å². The van der Waals surface area contributed by atoms with Crippen LogP contribution in [0.3, 0.4) is 0 Å². The number of aryl methyl sites for hydroxylation is 1. The lowest BCUT2D eigenvalue weighted by atomic mass is 9.71. The first kappa shape index (κ1) is 44.1. The van der Waals surface area contributed by atoms with Gasteiger partial charge in [-0.05, 0) is 107 Å². The van der Waals surface area contributed by atoms with Gasteiger partial charge in [0, 0.05) is 39.8 Å². The molecule has 0 spiro atoms. The van der Waals surface area contributed by atoms with Crippen molar-refractivity contribution in [2.45, 2.75) is 95.2 Å². The molecule has 0 atom stereocenters. The van der Waals surface area contributed by atoms with Gasteiger partial charge in [0.05, 0.1) is 29.2 Å². The number of benzene rings is 4. The van der Waals surface area contributed by atoms with Gasteiger partial charge >= 0.3 is 6.09 Å². The van der Waals surface area contributed by atoms with Crippen LogP contribution in [0.15, 0.2) is 121 Å². The number of rotatable bonds is 8. The molecule has 0 radical (unpaired) electrons. The van der Waals surface area contributed by atoms with E-state index in [1.165, 1.54) is 16.9 Å². The molecule has 0 unspecified atom stereocenters. The van der Waals surface area contributed by atoms with E-state index in [0.717, 1.165) is 107 Å². The molecule has 2 saturated carbocycles. The number of aromatic nitrogens is 2. The molecule has 334 valence electrons. The number of anilines is 1. The highest BCUT2D eigenvalue weighted by atomic mass is 16.6. The van der Waals surface area contributed by atoms with Crippen molar-refractivity contribution in [3.8, 4) is 63.0 Å². The monoisotopic (exact) mass is 877 g/mol. The Labute approximate surface area is 387 Å². The summed E-state index contributed by atoms with van der Waals surface area (Å²) >= 11 is 0. The fourth-order valence-electron chi connectivity index (χ4n) is 9.31. The van der Waals surface area contributed by atoms with Crippen LogP contribution < -0.4 is 20.7 Å². The molecule has 0 bridgehead atoms. The fraction of sp³-hybridized carbons (Fsp3) is 0.304. The number of ether oxygens (including phenoxy) is 2. The summed E-state index contributed by atoms with van der Waals surface area (Å²) in [6, 6.07) is 40.8. The first-order valence-electron chi connectivity index (χ1n) is 22.9. The predicted octanol–water partition coefficient (Wildman–Crippen LogP) is 11.0. The molecule has 4 aromatic carbocycles. The summed E-state index contributed by atoms with van der Waals surface area (Å²) in [5.41, 5.74) is 17.4. The van der Waals surface area contributed by atoms with Gasteiger partial charge in [0.1, 0.15) is 11.3 Å². The normalized spacial score (nSPS) is 16.7. The average Bonchev–Trinajstić information content (AvgIpc) is 3.30. The van der Waals surface area contributed by atoms with Gasteiger partial charge in [-0.25, -0.2) is 9.78 Å². The zero-order valence-corrected chi connectivity index (χ0v) is 37.9. The Morgan fingerprint density at radius 2 is 1.32 bits per heavy atom. The minimum atomic E-state index is -0.562. The third-order valence-corrected chi connectivity index (χ3v) is 13.2. The molecule has 10 rings (SSSR count).